The molecule has 1 rings (SSSR count). The van der Waals surface area contributed by atoms with Crippen molar-refractivity contribution in [2.24, 2.45) is 10.9 Å². The minimum Gasteiger partial charge on any atom is -0.373 e. The molecule has 2 N–H and O–H groups in total. The van der Waals surface area contributed by atoms with Gasteiger partial charge in [0.2, 0.25) is 10.0 Å². The Hall–Kier alpha value is -0.130. The number of nitrogens with zero attached hydrogens (tertiary/aromatic N) is 2. The molecule has 0 saturated carbocycles. The van der Waals surface area contributed by atoms with Crippen LogP contribution < -0.4 is 10.6 Å². The molecule has 2 atom stereocenters. The van der Waals surface area contributed by atoms with Crippen LogP contribution in [0.25, 0.3) is 0 Å². The lowest BCUT2D eigenvalue weighted by Gasteiger charge is -2.34. The van der Waals surface area contributed by atoms with Gasteiger partial charge in [-0.05, 0) is 39.5 Å². The zero-order valence-electron chi connectivity index (χ0n) is 16.8. The van der Waals surface area contributed by atoms with Crippen LogP contribution >= 0.6 is 24.0 Å². The Bertz CT molecular complexity index is 504. The van der Waals surface area contributed by atoms with E-state index in [1.165, 1.54) is 0 Å². The zero-order chi connectivity index (χ0) is 18.9. The number of hydrogen-bond acceptors (Lipinski definition) is 4. The van der Waals surface area contributed by atoms with E-state index in [4.69, 9.17) is 4.74 Å². The number of halogens is 1. The molecule has 9 heteroatoms. The summed E-state index contributed by atoms with van der Waals surface area (Å²) in [5.74, 6) is 1.42. The molecule has 26 heavy (non-hydrogen) atoms. The summed E-state index contributed by atoms with van der Waals surface area (Å²) < 4.78 is 32.2. The Kier molecular flexibility index (Phi) is 13.0. The molecule has 0 aromatic carbocycles. The van der Waals surface area contributed by atoms with Crippen molar-refractivity contribution in [2.75, 3.05) is 38.5 Å². The highest BCUT2D eigenvalue weighted by molar-refractivity contribution is 14.0. The van der Waals surface area contributed by atoms with Crippen LogP contribution in [0.3, 0.4) is 0 Å². The first kappa shape index (κ1) is 25.9. The normalized spacial score (nSPS) is 22.2. The molecule has 0 aliphatic carbocycles. The Labute approximate surface area is 176 Å². The highest BCUT2D eigenvalue weighted by Gasteiger charge is 2.30. The highest BCUT2D eigenvalue weighted by Crippen LogP contribution is 2.14. The molecule has 1 fully saturated rings. The van der Waals surface area contributed by atoms with E-state index < -0.39 is 10.0 Å². The molecule has 1 heterocycles. The van der Waals surface area contributed by atoms with Gasteiger partial charge in [0.15, 0.2) is 5.96 Å². The van der Waals surface area contributed by atoms with Crippen LogP contribution in [-0.4, -0.2) is 69.4 Å². The highest BCUT2D eigenvalue weighted by atomic mass is 127. The lowest BCUT2D eigenvalue weighted by atomic mass is 10.1. The van der Waals surface area contributed by atoms with Crippen molar-refractivity contribution in [2.45, 2.75) is 59.7 Å². The van der Waals surface area contributed by atoms with Crippen molar-refractivity contribution in [3.63, 3.8) is 0 Å². The number of morpholine rings is 1. The van der Waals surface area contributed by atoms with Crippen LogP contribution in [0.4, 0.5) is 0 Å². The molecule has 0 spiro atoms. The topological polar surface area (TPSA) is 83.0 Å². The van der Waals surface area contributed by atoms with E-state index in [1.807, 2.05) is 20.8 Å². The van der Waals surface area contributed by atoms with E-state index in [2.05, 4.69) is 29.5 Å². The lowest BCUT2D eigenvalue weighted by Crippen LogP contribution is -2.50. The van der Waals surface area contributed by atoms with Gasteiger partial charge in [0, 0.05) is 32.7 Å². The summed E-state index contributed by atoms with van der Waals surface area (Å²) in [5, 5.41) is 6.29. The van der Waals surface area contributed by atoms with Gasteiger partial charge in [0.05, 0.1) is 18.0 Å². The largest absolute Gasteiger partial charge is 0.373 e. The zero-order valence-corrected chi connectivity index (χ0v) is 20.0. The van der Waals surface area contributed by atoms with Gasteiger partial charge in [-0.2, -0.15) is 4.31 Å². The van der Waals surface area contributed by atoms with E-state index in [-0.39, 0.29) is 41.9 Å². The second-order valence-electron chi connectivity index (χ2n) is 7.11. The van der Waals surface area contributed by atoms with E-state index in [1.54, 1.807) is 4.31 Å². The Morgan fingerprint density at radius 3 is 2.38 bits per heavy atom. The molecule has 0 aromatic heterocycles. The van der Waals surface area contributed by atoms with Gasteiger partial charge < -0.3 is 15.4 Å². The first-order chi connectivity index (χ1) is 11.7. The van der Waals surface area contributed by atoms with E-state index in [9.17, 15) is 8.42 Å². The molecule has 0 bridgehead atoms. The smallest absolute Gasteiger partial charge is 0.216 e. The van der Waals surface area contributed by atoms with Crippen molar-refractivity contribution in [3.8, 4) is 0 Å². The fraction of sp³-hybridized carbons (Fsp3) is 0.941. The Morgan fingerprint density at radius 2 is 1.85 bits per heavy atom. The number of guanidine groups is 1. The number of ether oxygens (including phenoxy) is 1. The summed E-state index contributed by atoms with van der Waals surface area (Å²) in [7, 11) is -3.29. The third-order valence-corrected chi connectivity index (χ3v) is 5.79. The summed E-state index contributed by atoms with van der Waals surface area (Å²) >= 11 is 0. The van der Waals surface area contributed by atoms with Crippen LogP contribution in [0.5, 0.6) is 0 Å². The SMILES string of the molecule is CCNC(=NCCCC(C)C)NCCS(=O)(=O)N1CC(C)OC(C)C1.I. The summed E-state index contributed by atoms with van der Waals surface area (Å²) in [6.45, 7) is 12.9. The number of sulfonamides is 1. The average Bonchev–Trinajstić information content (AvgIpc) is 2.50. The maximum Gasteiger partial charge on any atom is 0.216 e. The molecule has 1 aliphatic rings. The molecule has 156 valence electrons. The summed E-state index contributed by atoms with van der Waals surface area (Å²) in [4.78, 5) is 4.51. The predicted octanol–water partition coefficient (Wildman–Crippen LogP) is 2.03. The third-order valence-electron chi connectivity index (χ3n) is 3.99. The number of hydrogen-bond donors (Lipinski definition) is 2. The van der Waals surface area contributed by atoms with Gasteiger partial charge in [0.1, 0.15) is 0 Å². The molecule has 1 saturated heterocycles. The van der Waals surface area contributed by atoms with Crippen molar-refractivity contribution in [1.82, 2.24) is 14.9 Å². The van der Waals surface area contributed by atoms with Gasteiger partial charge in [0.25, 0.3) is 0 Å². The summed E-state index contributed by atoms with van der Waals surface area (Å²) in [6.07, 6.45) is 2.05. The van der Waals surface area contributed by atoms with Gasteiger partial charge in [-0.1, -0.05) is 13.8 Å². The second kappa shape index (κ2) is 13.1. The quantitative estimate of drug-likeness (QED) is 0.217. The Morgan fingerprint density at radius 1 is 1.23 bits per heavy atom. The number of nitrogens with one attached hydrogen (secondary N) is 2. The molecular formula is C17H37IN4O3S. The molecule has 0 radical (unpaired) electrons. The molecule has 2 unspecified atom stereocenters. The van der Waals surface area contributed by atoms with Crippen LogP contribution in [0.1, 0.15) is 47.5 Å². The molecule has 1 aliphatic heterocycles. The molecule has 0 aromatic rings. The standard InChI is InChI=1S/C17H36N4O3S.HI/c1-6-18-17(19-9-7-8-14(2)3)20-10-11-25(22,23)21-12-15(4)24-16(5)13-21;/h14-16H,6-13H2,1-5H3,(H2,18,19,20);1H. The first-order valence-corrected chi connectivity index (χ1v) is 11.0. The second-order valence-corrected chi connectivity index (χ2v) is 9.20. The minimum atomic E-state index is -3.29. The Balaban J connectivity index is 0.00000625. The fourth-order valence-corrected chi connectivity index (χ4v) is 4.31. The van der Waals surface area contributed by atoms with Gasteiger partial charge >= 0.3 is 0 Å². The predicted molar refractivity (Wildman–Crippen MR) is 119 cm³/mol. The number of rotatable bonds is 9. The third kappa shape index (κ3) is 10.3. The summed E-state index contributed by atoms with van der Waals surface area (Å²) in [5.41, 5.74) is 0. The van der Waals surface area contributed by atoms with Crippen LogP contribution in [0.15, 0.2) is 4.99 Å². The van der Waals surface area contributed by atoms with Gasteiger partial charge in [-0.15, -0.1) is 24.0 Å². The van der Waals surface area contributed by atoms with Crippen LogP contribution in [0, 0.1) is 5.92 Å². The van der Waals surface area contributed by atoms with Crippen LogP contribution in [0.2, 0.25) is 0 Å². The van der Waals surface area contributed by atoms with Crippen molar-refractivity contribution in [3.05, 3.63) is 0 Å². The summed E-state index contributed by atoms with van der Waals surface area (Å²) in [6, 6.07) is 0. The molecule has 7 nitrogen and oxygen atoms in total. The fourth-order valence-electron chi connectivity index (χ4n) is 2.82. The van der Waals surface area contributed by atoms with E-state index >= 15 is 0 Å². The first-order valence-electron chi connectivity index (χ1n) is 9.40. The average molecular weight is 504 g/mol. The molecule has 0 amide bonds. The van der Waals surface area contributed by atoms with Crippen molar-refractivity contribution >= 4 is 40.0 Å². The van der Waals surface area contributed by atoms with Crippen molar-refractivity contribution in [1.29, 1.82) is 0 Å². The van der Waals surface area contributed by atoms with Crippen molar-refractivity contribution < 1.29 is 13.2 Å². The van der Waals surface area contributed by atoms with Gasteiger partial charge in [-0.3, -0.25) is 4.99 Å². The maximum atomic E-state index is 12.5. The maximum absolute atomic E-state index is 12.5. The monoisotopic (exact) mass is 504 g/mol. The van der Waals surface area contributed by atoms with E-state index in [0.29, 0.717) is 31.5 Å². The number of aliphatic imine (C=N–C) groups is 1. The lowest BCUT2D eigenvalue weighted by molar-refractivity contribution is -0.0440. The van der Waals surface area contributed by atoms with Crippen LogP contribution in [-0.2, 0) is 14.8 Å². The molecular weight excluding hydrogens is 467 g/mol. The van der Waals surface area contributed by atoms with Gasteiger partial charge in [-0.25, -0.2) is 8.42 Å². The minimum absolute atomic E-state index is 0. The van der Waals surface area contributed by atoms with E-state index in [0.717, 1.165) is 25.9 Å².